The summed E-state index contributed by atoms with van der Waals surface area (Å²) in [5.74, 6) is 0.296. The molecule has 1 aliphatic rings. The Morgan fingerprint density at radius 3 is 2.50 bits per heavy atom. The van der Waals surface area contributed by atoms with Gasteiger partial charge in [0.15, 0.2) is 0 Å². The molecule has 0 saturated heterocycles. The third kappa shape index (κ3) is 4.42. The fourth-order valence-electron chi connectivity index (χ4n) is 1.71. The monoisotopic (exact) mass is 273 g/mol. The van der Waals surface area contributed by atoms with E-state index < -0.39 is 0 Å². The van der Waals surface area contributed by atoms with Gasteiger partial charge in [-0.25, -0.2) is 4.79 Å². The standard InChI is InChI=1S/C15H19N3O2/c1-2-9-16-15(20)17-10-11-3-7-13(8-4-11)18-14(19)12-5-6-12/h2-4,7-8,12H,1,5-6,9-10H2,(H,18,19)(H2,16,17,20). The van der Waals surface area contributed by atoms with Crippen LogP contribution in [0.3, 0.4) is 0 Å². The molecule has 3 amide bonds. The second-order valence-corrected chi connectivity index (χ2v) is 4.81. The van der Waals surface area contributed by atoms with Crippen molar-refractivity contribution in [1.82, 2.24) is 10.6 Å². The summed E-state index contributed by atoms with van der Waals surface area (Å²) >= 11 is 0. The highest BCUT2D eigenvalue weighted by molar-refractivity contribution is 5.94. The van der Waals surface area contributed by atoms with E-state index in [1.165, 1.54) is 0 Å². The molecule has 5 nitrogen and oxygen atoms in total. The molecule has 0 aliphatic heterocycles. The maximum Gasteiger partial charge on any atom is 0.315 e. The Bertz CT molecular complexity index is 492. The second-order valence-electron chi connectivity index (χ2n) is 4.81. The van der Waals surface area contributed by atoms with Gasteiger partial charge in [0.25, 0.3) is 0 Å². The minimum absolute atomic E-state index is 0.0969. The third-order valence-electron chi connectivity index (χ3n) is 3.03. The van der Waals surface area contributed by atoms with Crippen molar-refractivity contribution in [1.29, 1.82) is 0 Å². The number of anilines is 1. The largest absolute Gasteiger partial charge is 0.335 e. The molecule has 3 N–H and O–H groups in total. The highest BCUT2D eigenvalue weighted by atomic mass is 16.2. The predicted octanol–water partition coefficient (Wildman–Crippen LogP) is 2.02. The molecule has 0 spiro atoms. The Balaban J connectivity index is 1.77. The molecule has 0 unspecified atom stereocenters. The molecule has 5 heteroatoms. The van der Waals surface area contributed by atoms with E-state index in [4.69, 9.17) is 0 Å². The fourth-order valence-corrected chi connectivity index (χ4v) is 1.71. The molecule has 106 valence electrons. The zero-order valence-corrected chi connectivity index (χ0v) is 11.3. The molecule has 0 radical (unpaired) electrons. The quantitative estimate of drug-likeness (QED) is 0.694. The highest BCUT2D eigenvalue weighted by Gasteiger charge is 2.29. The third-order valence-corrected chi connectivity index (χ3v) is 3.03. The molecule has 1 fully saturated rings. The van der Waals surface area contributed by atoms with Gasteiger partial charge in [-0.2, -0.15) is 0 Å². The number of urea groups is 1. The molecular weight excluding hydrogens is 254 g/mol. The van der Waals surface area contributed by atoms with E-state index in [1.807, 2.05) is 24.3 Å². The van der Waals surface area contributed by atoms with Crippen LogP contribution in [0.1, 0.15) is 18.4 Å². The summed E-state index contributed by atoms with van der Waals surface area (Å²) in [5, 5.41) is 8.25. The van der Waals surface area contributed by atoms with E-state index >= 15 is 0 Å². The molecular formula is C15H19N3O2. The van der Waals surface area contributed by atoms with Crippen LogP contribution < -0.4 is 16.0 Å². The zero-order chi connectivity index (χ0) is 14.4. The molecule has 2 rings (SSSR count). The SMILES string of the molecule is C=CCNC(=O)NCc1ccc(NC(=O)C2CC2)cc1. The van der Waals surface area contributed by atoms with Crippen LogP contribution in [0, 0.1) is 5.92 Å². The van der Waals surface area contributed by atoms with E-state index in [9.17, 15) is 9.59 Å². The zero-order valence-electron chi connectivity index (χ0n) is 11.3. The van der Waals surface area contributed by atoms with Crippen LogP contribution in [0.5, 0.6) is 0 Å². The number of nitrogens with one attached hydrogen (secondary N) is 3. The van der Waals surface area contributed by atoms with Crippen LogP contribution in [0.2, 0.25) is 0 Å². The summed E-state index contributed by atoms with van der Waals surface area (Å²) < 4.78 is 0. The highest BCUT2D eigenvalue weighted by Crippen LogP contribution is 2.30. The van der Waals surface area contributed by atoms with E-state index in [2.05, 4.69) is 22.5 Å². The number of hydrogen-bond donors (Lipinski definition) is 3. The van der Waals surface area contributed by atoms with Gasteiger partial charge >= 0.3 is 6.03 Å². The van der Waals surface area contributed by atoms with Gasteiger partial charge in [-0.15, -0.1) is 6.58 Å². The first-order valence-corrected chi connectivity index (χ1v) is 6.71. The first-order chi connectivity index (χ1) is 9.69. The van der Waals surface area contributed by atoms with Crippen LogP contribution >= 0.6 is 0 Å². The van der Waals surface area contributed by atoms with Crippen LogP contribution in [0.25, 0.3) is 0 Å². The fraction of sp³-hybridized carbons (Fsp3) is 0.333. The minimum Gasteiger partial charge on any atom is -0.335 e. The molecule has 0 aromatic heterocycles. The van der Waals surface area contributed by atoms with Crippen molar-refractivity contribution in [3.8, 4) is 0 Å². The Kier molecular flexibility index (Phi) is 4.76. The average Bonchev–Trinajstić information content (AvgIpc) is 3.29. The maximum absolute atomic E-state index is 11.6. The summed E-state index contributed by atoms with van der Waals surface area (Å²) in [7, 11) is 0. The Labute approximate surface area is 118 Å². The van der Waals surface area contributed by atoms with E-state index in [0.717, 1.165) is 24.1 Å². The van der Waals surface area contributed by atoms with Gasteiger partial charge in [-0.3, -0.25) is 4.79 Å². The molecule has 0 heterocycles. The Morgan fingerprint density at radius 1 is 1.20 bits per heavy atom. The van der Waals surface area contributed by atoms with Crippen LogP contribution in [-0.2, 0) is 11.3 Å². The van der Waals surface area contributed by atoms with Gasteiger partial charge in [0, 0.05) is 24.7 Å². The maximum atomic E-state index is 11.6. The lowest BCUT2D eigenvalue weighted by Gasteiger charge is -2.08. The number of carbonyl (C=O) groups is 2. The number of amides is 3. The summed E-state index contributed by atoms with van der Waals surface area (Å²) in [6.45, 7) is 4.41. The van der Waals surface area contributed by atoms with E-state index in [0.29, 0.717) is 13.1 Å². The minimum atomic E-state index is -0.226. The van der Waals surface area contributed by atoms with Crippen molar-refractivity contribution < 1.29 is 9.59 Å². The Hall–Kier alpha value is -2.30. The van der Waals surface area contributed by atoms with Gasteiger partial charge in [0.2, 0.25) is 5.91 Å². The Morgan fingerprint density at radius 2 is 1.90 bits per heavy atom. The topological polar surface area (TPSA) is 70.2 Å². The molecule has 0 bridgehead atoms. The number of rotatable bonds is 6. The lowest BCUT2D eigenvalue weighted by Crippen LogP contribution is -2.34. The van der Waals surface area contributed by atoms with Crippen molar-refractivity contribution in [2.75, 3.05) is 11.9 Å². The lowest BCUT2D eigenvalue weighted by molar-refractivity contribution is -0.117. The molecule has 1 aromatic rings. The van der Waals surface area contributed by atoms with Crippen molar-refractivity contribution in [2.45, 2.75) is 19.4 Å². The van der Waals surface area contributed by atoms with Gasteiger partial charge < -0.3 is 16.0 Å². The summed E-state index contributed by atoms with van der Waals surface area (Å²) in [5.41, 5.74) is 1.77. The molecule has 20 heavy (non-hydrogen) atoms. The van der Waals surface area contributed by atoms with Crippen LogP contribution in [0.4, 0.5) is 10.5 Å². The first-order valence-electron chi connectivity index (χ1n) is 6.71. The van der Waals surface area contributed by atoms with Gasteiger partial charge in [-0.05, 0) is 30.5 Å². The summed E-state index contributed by atoms with van der Waals surface area (Å²) in [6.07, 6.45) is 3.61. The van der Waals surface area contributed by atoms with Crippen LogP contribution in [0.15, 0.2) is 36.9 Å². The smallest absolute Gasteiger partial charge is 0.315 e. The van der Waals surface area contributed by atoms with Gasteiger partial charge in [-0.1, -0.05) is 18.2 Å². The molecule has 1 aliphatic carbocycles. The summed E-state index contributed by atoms with van der Waals surface area (Å²) in [4.78, 5) is 22.9. The number of benzene rings is 1. The summed E-state index contributed by atoms with van der Waals surface area (Å²) in [6, 6.07) is 7.24. The average molecular weight is 273 g/mol. The van der Waals surface area contributed by atoms with Crippen molar-refractivity contribution in [2.24, 2.45) is 5.92 Å². The van der Waals surface area contributed by atoms with Crippen LogP contribution in [-0.4, -0.2) is 18.5 Å². The van der Waals surface area contributed by atoms with E-state index in [1.54, 1.807) is 6.08 Å². The van der Waals surface area contributed by atoms with Crippen molar-refractivity contribution >= 4 is 17.6 Å². The van der Waals surface area contributed by atoms with Gasteiger partial charge in [0.05, 0.1) is 0 Å². The number of hydrogen-bond acceptors (Lipinski definition) is 2. The normalized spacial score (nSPS) is 13.4. The first kappa shape index (κ1) is 14.1. The molecule has 1 saturated carbocycles. The lowest BCUT2D eigenvalue weighted by atomic mass is 10.2. The number of carbonyl (C=O) groups excluding carboxylic acids is 2. The van der Waals surface area contributed by atoms with Crippen molar-refractivity contribution in [3.05, 3.63) is 42.5 Å². The second kappa shape index (κ2) is 6.75. The molecule has 0 atom stereocenters. The predicted molar refractivity (Wildman–Crippen MR) is 78.2 cm³/mol. The molecule has 1 aromatic carbocycles. The van der Waals surface area contributed by atoms with Gasteiger partial charge in [0.1, 0.15) is 0 Å². The van der Waals surface area contributed by atoms with Crippen molar-refractivity contribution in [3.63, 3.8) is 0 Å². The van der Waals surface area contributed by atoms with E-state index in [-0.39, 0.29) is 17.9 Å².